The molecular formula is C21H22N2O5. The number of hydrogen-bond acceptors (Lipinski definition) is 6. The van der Waals surface area contributed by atoms with Crippen LogP contribution in [0.3, 0.4) is 0 Å². The molecule has 0 atom stereocenters. The number of amides is 1. The predicted octanol–water partition coefficient (Wildman–Crippen LogP) is 3.66. The maximum atomic E-state index is 12.5. The second kappa shape index (κ2) is 9.88. The Bertz CT molecular complexity index is 915. The van der Waals surface area contributed by atoms with Crippen LogP contribution in [0.5, 0.6) is 23.0 Å². The first kappa shape index (κ1) is 20.6. The van der Waals surface area contributed by atoms with Crippen LogP contribution in [0.15, 0.2) is 42.0 Å². The van der Waals surface area contributed by atoms with E-state index >= 15 is 0 Å². The van der Waals surface area contributed by atoms with E-state index in [4.69, 9.17) is 18.9 Å². The molecule has 0 spiro atoms. The summed E-state index contributed by atoms with van der Waals surface area (Å²) in [5.41, 5.74) is 0.997. The molecule has 0 aromatic heterocycles. The molecule has 1 amide bonds. The molecule has 146 valence electrons. The molecule has 7 nitrogen and oxygen atoms in total. The number of anilines is 1. The Balaban J connectivity index is 2.28. The average Bonchev–Trinajstić information content (AvgIpc) is 2.73. The van der Waals surface area contributed by atoms with Crippen LogP contribution in [0.4, 0.5) is 5.69 Å². The van der Waals surface area contributed by atoms with Crippen molar-refractivity contribution in [2.45, 2.75) is 6.92 Å². The first-order chi connectivity index (χ1) is 13.6. The van der Waals surface area contributed by atoms with Gasteiger partial charge in [-0.3, -0.25) is 4.79 Å². The fraction of sp³-hybridized carbons (Fsp3) is 0.238. The number of nitrogens with zero attached hydrogens (tertiary/aromatic N) is 1. The summed E-state index contributed by atoms with van der Waals surface area (Å²) >= 11 is 0. The fourth-order valence-corrected chi connectivity index (χ4v) is 2.46. The highest BCUT2D eigenvalue weighted by molar-refractivity contribution is 6.10. The van der Waals surface area contributed by atoms with Gasteiger partial charge >= 0.3 is 0 Å². The van der Waals surface area contributed by atoms with Crippen LogP contribution in [-0.2, 0) is 4.79 Å². The largest absolute Gasteiger partial charge is 0.497 e. The molecule has 0 aliphatic heterocycles. The number of carbonyl (C=O) groups excluding carboxylic acids is 1. The van der Waals surface area contributed by atoms with E-state index in [0.29, 0.717) is 40.9 Å². The lowest BCUT2D eigenvalue weighted by atomic mass is 10.1. The van der Waals surface area contributed by atoms with Crippen molar-refractivity contribution >= 4 is 17.7 Å². The first-order valence-corrected chi connectivity index (χ1v) is 8.52. The second-order valence-corrected chi connectivity index (χ2v) is 5.53. The van der Waals surface area contributed by atoms with Gasteiger partial charge in [-0.15, -0.1) is 0 Å². The SMILES string of the molecule is CCOc1ccc(/C=C(\C#N)C(=O)Nc2ccc(OC)cc2OC)cc1OC. The van der Waals surface area contributed by atoms with Crippen LogP contribution in [0.25, 0.3) is 6.08 Å². The summed E-state index contributed by atoms with van der Waals surface area (Å²) < 4.78 is 21.2. The van der Waals surface area contributed by atoms with Crippen LogP contribution >= 0.6 is 0 Å². The number of rotatable bonds is 8. The van der Waals surface area contributed by atoms with Crippen LogP contribution in [0.2, 0.25) is 0 Å². The Morgan fingerprint density at radius 3 is 2.39 bits per heavy atom. The van der Waals surface area contributed by atoms with Gasteiger partial charge in [0.05, 0.1) is 33.6 Å². The van der Waals surface area contributed by atoms with Crippen LogP contribution in [0.1, 0.15) is 12.5 Å². The van der Waals surface area contributed by atoms with E-state index in [1.807, 2.05) is 13.0 Å². The van der Waals surface area contributed by atoms with Crippen molar-refractivity contribution in [2.24, 2.45) is 0 Å². The fourth-order valence-electron chi connectivity index (χ4n) is 2.46. The number of hydrogen-bond donors (Lipinski definition) is 1. The Labute approximate surface area is 164 Å². The molecule has 0 aliphatic rings. The van der Waals surface area contributed by atoms with Crippen molar-refractivity contribution in [1.82, 2.24) is 0 Å². The molecule has 0 radical (unpaired) electrons. The third-order valence-electron chi connectivity index (χ3n) is 3.82. The lowest BCUT2D eigenvalue weighted by molar-refractivity contribution is -0.112. The van der Waals surface area contributed by atoms with Crippen molar-refractivity contribution in [2.75, 3.05) is 33.3 Å². The standard InChI is InChI=1S/C21H22N2O5/c1-5-28-18-9-6-14(11-20(18)27-4)10-15(13-22)21(24)23-17-8-7-16(25-2)12-19(17)26-3/h6-12H,5H2,1-4H3,(H,23,24)/b15-10+. The van der Waals surface area contributed by atoms with Crippen molar-refractivity contribution in [3.63, 3.8) is 0 Å². The van der Waals surface area contributed by atoms with Crippen molar-refractivity contribution in [3.8, 4) is 29.1 Å². The summed E-state index contributed by atoms with van der Waals surface area (Å²) in [5.74, 6) is 1.57. The van der Waals surface area contributed by atoms with Gasteiger partial charge in [0, 0.05) is 6.07 Å². The average molecular weight is 382 g/mol. The molecule has 2 rings (SSSR count). The van der Waals surface area contributed by atoms with Gasteiger partial charge in [0.15, 0.2) is 11.5 Å². The molecular weight excluding hydrogens is 360 g/mol. The highest BCUT2D eigenvalue weighted by Crippen LogP contribution is 2.30. The molecule has 0 aliphatic carbocycles. The Morgan fingerprint density at radius 2 is 1.79 bits per heavy atom. The Hall–Kier alpha value is -3.66. The zero-order chi connectivity index (χ0) is 20.5. The molecule has 0 unspecified atom stereocenters. The molecule has 0 saturated heterocycles. The van der Waals surface area contributed by atoms with E-state index in [0.717, 1.165) is 0 Å². The van der Waals surface area contributed by atoms with Crippen LogP contribution < -0.4 is 24.3 Å². The Kier molecular flexibility index (Phi) is 7.28. The molecule has 7 heteroatoms. The first-order valence-electron chi connectivity index (χ1n) is 8.52. The molecule has 28 heavy (non-hydrogen) atoms. The minimum atomic E-state index is -0.557. The van der Waals surface area contributed by atoms with Gasteiger partial charge in [-0.05, 0) is 42.8 Å². The number of nitriles is 1. The second-order valence-electron chi connectivity index (χ2n) is 5.53. The number of ether oxygens (including phenoxy) is 4. The number of benzene rings is 2. The topological polar surface area (TPSA) is 89.8 Å². The molecule has 2 aromatic carbocycles. The molecule has 0 bridgehead atoms. The maximum Gasteiger partial charge on any atom is 0.266 e. The number of carbonyl (C=O) groups is 1. The summed E-state index contributed by atoms with van der Waals surface area (Å²) in [4.78, 5) is 12.5. The van der Waals surface area contributed by atoms with Crippen molar-refractivity contribution in [1.29, 1.82) is 5.26 Å². The van der Waals surface area contributed by atoms with Crippen LogP contribution in [0, 0.1) is 11.3 Å². The molecule has 2 aromatic rings. The lowest BCUT2D eigenvalue weighted by Gasteiger charge is -2.12. The van der Waals surface area contributed by atoms with E-state index in [1.54, 1.807) is 36.4 Å². The van der Waals surface area contributed by atoms with Crippen molar-refractivity contribution < 1.29 is 23.7 Å². The quantitative estimate of drug-likeness (QED) is 0.554. The summed E-state index contributed by atoms with van der Waals surface area (Å²) in [6, 6.07) is 12.1. The third kappa shape index (κ3) is 4.95. The summed E-state index contributed by atoms with van der Waals surface area (Å²) in [7, 11) is 4.55. The van der Waals surface area contributed by atoms with E-state index < -0.39 is 5.91 Å². The van der Waals surface area contributed by atoms with Gasteiger partial charge in [-0.1, -0.05) is 6.07 Å². The van der Waals surface area contributed by atoms with Gasteiger partial charge in [-0.2, -0.15) is 5.26 Å². The molecule has 0 saturated carbocycles. The van der Waals surface area contributed by atoms with Gasteiger partial charge in [0.1, 0.15) is 23.1 Å². The smallest absolute Gasteiger partial charge is 0.266 e. The highest BCUT2D eigenvalue weighted by Gasteiger charge is 2.14. The zero-order valence-electron chi connectivity index (χ0n) is 16.2. The normalized spacial score (nSPS) is 10.6. The van der Waals surface area contributed by atoms with E-state index in [2.05, 4.69) is 5.32 Å². The molecule has 1 N–H and O–H groups in total. The zero-order valence-corrected chi connectivity index (χ0v) is 16.2. The van der Waals surface area contributed by atoms with E-state index in [9.17, 15) is 10.1 Å². The van der Waals surface area contributed by atoms with E-state index in [-0.39, 0.29) is 5.57 Å². The third-order valence-corrected chi connectivity index (χ3v) is 3.82. The summed E-state index contributed by atoms with van der Waals surface area (Å²) in [6.45, 7) is 2.37. The van der Waals surface area contributed by atoms with Gasteiger partial charge in [0.25, 0.3) is 5.91 Å². The maximum absolute atomic E-state index is 12.5. The summed E-state index contributed by atoms with van der Waals surface area (Å²) in [5, 5.41) is 12.1. The lowest BCUT2D eigenvalue weighted by Crippen LogP contribution is -2.14. The monoisotopic (exact) mass is 382 g/mol. The number of nitrogens with one attached hydrogen (secondary N) is 1. The minimum Gasteiger partial charge on any atom is -0.497 e. The number of methoxy groups -OCH3 is 3. The van der Waals surface area contributed by atoms with E-state index in [1.165, 1.54) is 27.4 Å². The van der Waals surface area contributed by atoms with Gasteiger partial charge in [-0.25, -0.2) is 0 Å². The van der Waals surface area contributed by atoms with Crippen LogP contribution in [-0.4, -0.2) is 33.8 Å². The predicted molar refractivity (Wildman–Crippen MR) is 106 cm³/mol. The highest BCUT2D eigenvalue weighted by atomic mass is 16.5. The van der Waals surface area contributed by atoms with Gasteiger partial charge < -0.3 is 24.3 Å². The molecule has 0 heterocycles. The summed E-state index contributed by atoms with van der Waals surface area (Å²) in [6.07, 6.45) is 1.48. The Morgan fingerprint density at radius 1 is 1.04 bits per heavy atom. The molecule has 0 fully saturated rings. The minimum absolute atomic E-state index is 0.0657. The van der Waals surface area contributed by atoms with Crippen molar-refractivity contribution in [3.05, 3.63) is 47.5 Å². The van der Waals surface area contributed by atoms with Gasteiger partial charge in [0.2, 0.25) is 0 Å².